The number of hydrogen-bond donors (Lipinski definition) is 1. The van der Waals surface area contributed by atoms with Crippen LogP contribution in [0.3, 0.4) is 0 Å². The Kier molecular flexibility index (Phi) is 3.75. The molecule has 110 valence electrons. The first kappa shape index (κ1) is 13.8. The van der Waals surface area contributed by atoms with Crippen LogP contribution in [0.5, 0.6) is 11.5 Å². The largest absolute Gasteiger partial charge is 0.490 e. The number of ether oxygens (including phenoxy) is 2. The molecule has 0 spiro atoms. The Labute approximate surface area is 121 Å². The Bertz CT molecular complexity index is 661. The fourth-order valence-corrected chi connectivity index (χ4v) is 2.31. The first-order valence-electron chi connectivity index (χ1n) is 6.75. The van der Waals surface area contributed by atoms with Gasteiger partial charge in [-0.2, -0.15) is 0 Å². The molecular formula is C16H15F2NO2. The molecule has 0 aliphatic carbocycles. The molecule has 2 N–H and O–H groups in total. The molecule has 2 aromatic rings. The van der Waals surface area contributed by atoms with E-state index < -0.39 is 17.7 Å². The summed E-state index contributed by atoms with van der Waals surface area (Å²) in [5, 5.41) is 0. The lowest BCUT2D eigenvalue weighted by molar-refractivity contribution is 0.297. The molecule has 0 saturated carbocycles. The fourth-order valence-electron chi connectivity index (χ4n) is 2.31. The van der Waals surface area contributed by atoms with Gasteiger partial charge in [0.25, 0.3) is 0 Å². The molecule has 1 aliphatic rings. The quantitative estimate of drug-likeness (QED) is 0.924. The summed E-state index contributed by atoms with van der Waals surface area (Å²) in [6, 6.07) is 7.97. The third-order valence-corrected chi connectivity index (χ3v) is 3.43. The molecule has 3 nitrogen and oxygen atoms in total. The number of hydrogen-bond acceptors (Lipinski definition) is 3. The molecule has 21 heavy (non-hydrogen) atoms. The number of fused-ring (bicyclic) bond motifs is 1. The van der Waals surface area contributed by atoms with Crippen LogP contribution in [0.25, 0.3) is 0 Å². The van der Waals surface area contributed by atoms with Gasteiger partial charge < -0.3 is 15.2 Å². The van der Waals surface area contributed by atoms with Crippen LogP contribution < -0.4 is 15.2 Å². The van der Waals surface area contributed by atoms with E-state index >= 15 is 0 Å². The number of nitrogens with two attached hydrogens (primary N) is 1. The number of rotatable bonds is 2. The molecule has 3 rings (SSSR count). The van der Waals surface area contributed by atoms with Crippen LogP contribution in [0.15, 0.2) is 36.4 Å². The highest BCUT2D eigenvalue weighted by atomic mass is 19.1. The minimum atomic E-state index is -0.692. The molecule has 0 fully saturated rings. The van der Waals surface area contributed by atoms with E-state index in [-0.39, 0.29) is 5.56 Å². The molecule has 0 aromatic heterocycles. The van der Waals surface area contributed by atoms with Gasteiger partial charge in [0, 0.05) is 18.1 Å². The summed E-state index contributed by atoms with van der Waals surface area (Å²) in [6.07, 6.45) is 0.808. The summed E-state index contributed by atoms with van der Waals surface area (Å²) >= 11 is 0. The van der Waals surface area contributed by atoms with Crippen molar-refractivity contribution in [3.8, 4) is 11.5 Å². The predicted molar refractivity (Wildman–Crippen MR) is 74.4 cm³/mol. The highest BCUT2D eigenvalue weighted by Crippen LogP contribution is 2.33. The van der Waals surface area contributed by atoms with Gasteiger partial charge in [0.2, 0.25) is 0 Å². The van der Waals surface area contributed by atoms with E-state index in [9.17, 15) is 8.78 Å². The summed E-state index contributed by atoms with van der Waals surface area (Å²) in [5.41, 5.74) is 7.01. The Morgan fingerprint density at radius 1 is 0.952 bits per heavy atom. The molecular weight excluding hydrogens is 276 g/mol. The lowest BCUT2D eigenvalue weighted by atomic mass is 9.98. The van der Waals surface area contributed by atoms with Gasteiger partial charge in [-0.05, 0) is 23.8 Å². The molecule has 2 aromatic carbocycles. The van der Waals surface area contributed by atoms with Crippen molar-refractivity contribution in [2.75, 3.05) is 13.2 Å². The van der Waals surface area contributed by atoms with Gasteiger partial charge in [0.1, 0.15) is 11.6 Å². The number of halogens is 2. The van der Waals surface area contributed by atoms with Gasteiger partial charge in [-0.15, -0.1) is 0 Å². The van der Waals surface area contributed by atoms with E-state index in [2.05, 4.69) is 0 Å². The Balaban J connectivity index is 1.94. The van der Waals surface area contributed by atoms with Crippen LogP contribution in [0, 0.1) is 11.6 Å². The summed E-state index contributed by atoms with van der Waals surface area (Å²) in [6.45, 7) is 1.17. The van der Waals surface area contributed by atoms with E-state index in [1.807, 2.05) is 0 Å². The van der Waals surface area contributed by atoms with E-state index in [0.29, 0.717) is 30.3 Å². The average Bonchev–Trinajstić information content (AvgIpc) is 2.71. The SMILES string of the molecule is NC(c1ccc2c(c1)OCCCO2)c1ccc(F)cc1F. The second-order valence-corrected chi connectivity index (χ2v) is 4.90. The predicted octanol–water partition coefficient (Wildman–Crippen LogP) is 3.17. The smallest absolute Gasteiger partial charge is 0.161 e. The van der Waals surface area contributed by atoms with E-state index in [4.69, 9.17) is 15.2 Å². The van der Waals surface area contributed by atoms with Crippen molar-refractivity contribution >= 4 is 0 Å². The Hall–Kier alpha value is -2.14. The van der Waals surface area contributed by atoms with E-state index in [1.54, 1.807) is 18.2 Å². The van der Waals surface area contributed by atoms with Crippen molar-refractivity contribution in [2.45, 2.75) is 12.5 Å². The van der Waals surface area contributed by atoms with Gasteiger partial charge in [-0.1, -0.05) is 12.1 Å². The van der Waals surface area contributed by atoms with Crippen molar-refractivity contribution in [3.05, 3.63) is 59.2 Å². The van der Waals surface area contributed by atoms with Crippen molar-refractivity contribution in [2.24, 2.45) is 5.73 Å². The zero-order valence-electron chi connectivity index (χ0n) is 11.3. The van der Waals surface area contributed by atoms with Gasteiger partial charge >= 0.3 is 0 Å². The normalized spacial score (nSPS) is 15.4. The first-order valence-corrected chi connectivity index (χ1v) is 6.75. The summed E-state index contributed by atoms with van der Waals surface area (Å²) < 4.78 is 37.9. The maximum atomic E-state index is 13.8. The highest BCUT2D eigenvalue weighted by molar-refractivity contribution is 5.46. The number of benzene rings is 2. The molecule has 5 heteroatoms. The van der Waals surface area contributed by atoms with Crippen LogP contribution >= 0.6 is 0 Å². The standard InChI is InChI=1S/C16H15F2NO2/c17-11-3-4-12(13(18)9-11)16(19)10-2-5-14-15(8-10)21-7-1-6-20-14/h2-5,8-9,16H,1,6-7,19H2. The van der Waals surface area contributed by atoms with Crippen LogP contribution in [0.2, 0.25) is 0 Å². The minimum Gasteiger partial charge on any atom is -0.490 e. The van der Waals surface area contributed by atoms with Crippen molar-refractivity contribution < 1.29 is 18.3 Å². The van der Waals surface area contributed by atoms with Gasteiger partial charge in [-0.3, -0.25) is 0 Å². The molecule has 0 bridgehead atoms. The van der Waals surface area contributed by atoms with Crippen molar-refractivity contribution in [1.29, 1.82) is 0 Å². The summed E-state index contributed by atoms with van der Waals surface area (Å²) in [4.78, 5) is 0. The van der Waals surface area contributed by atoms with Crippen LogP contribution in [-0.4, -0.2) is 13.2 Å². The lowest BCUT2D eigenvalue weighted by Crippen LogP contribution is -2.14. The van der Waals surface area contributed by atoms with E-state index in [1.165, 1.54) is 12.1 Å². The maximum absolute atomic E-state index is 13.8. The van der Waals surface area contributed by atoms with Crippen molar-refractivity contribution in [3.63, 3.8) is 0 Å². The summed E-state index contributed by atoms with van der Waals surface area (Å²) in [7, 11) is 0. The molecule has 1 atom stereocenters. The fraction of sp³-hybridized carbons (Fsp3) is 0.250. The Morgan fingerprint density at radius 2 is 1.71 bits per heavy atom. The van der Waals surface area contributed by atoms with Crippen LogP contribution in [0.4, 0.5) is 8.78 Å². The molecule has 1 aliphatic heterocycles. The highest BCUT2D eigenvalue weighted by Gasteiger charge is 2.17. The van der Waals surface area contributed by atoms with Gasteiger partial charge in [-0.25, -0.2) is 8.78 Å². The third-order valence-electron chi connectivity index (χ3n) is 3.43. The zero-order valence-corrected chi connectivity index (χ0v) is 11.3. The molecule has 1 heterocycles. The second kappa shape index (κ2) is 5.69. The Morgan fingerprint density at radius 3 is 2.48 bits per heavy atom. The molecule has 0 saturated heterocycles. The topological polar surface area (TPSA) is 44.5 Å². The van der Waals surface area contributed by atoms with E-state index in [0.717, 1.165) is 12.5 Å². The first-order chi connectivity index (χ1) is 10.1. The van der Waals surface area contributed by atoms with Gasteiger partial charge in [0.05, 0.1) is 19.3 Å². The monoisotopic (exact) mass is 291 g/mol. The van der Waals surface area contributed by atoms with Crippen LogP contribution in [-0.2, 0) is 0 Å². The maximum Gasteiger partial charge on any atom is 0.161 e. The molecule has 1 unspecified atom stereocenters. The summed E-state index contributed by atoms with van der Waals surface area (Å²) in [5.74, 6) is -0.0253. The zero-order chi connectivity index (χ0) is 14.8. The average molecular weight is 291 g/mol. The minimum absolute atomic E-state index is 0.242. The van der Waals surface area contributed by atoms with Crippen molar-refractivity contribution in [1.82, 2.24) is 0 Å². The van der Waals surface area contributed by atoms with Gasteiger partial charge in [0.15, 0.2) is 11.5 Å². The second-order valence-electron chi connectivity index (χ2n) is 4.90. The molecule has 0 amide bonds. The third kappa shape index (κ3) is 2.83. The van der Waals surface area contributed by atoms with Crippen LogP contribution in [0.1, 0.15) is 23.6 Å². The lowest BCUT2D eigenvalue weighted by Gasteiger charge is -2.16. The molecule has 0 radical (unpaired) electrons.